The Kier molecular flexibility index (Phi) is 2.15. The number of methoxy groups -OCH3 is 1. The molecule has 0 saturated carbocycles. The number of ether oxygens (including phenoxy) is 2. The fourth-order valence-corrected chi connectivity index (χ4v) is 1.62. The lowest BCUT2D eigenvalue weighted by Gasteiger charge is -2.15. The van der Waals surface area contributed by atoms with Crippen LogP contribution in [0.3, 0.4) is 0 Å². The molecule has 1 aliphatic heterocycles. The average Bonchev–Trinajstić information content (AvgIpc) is 2.16. The predicted octanol–water partition coefficient (Wildman–Crippen LogP) is 1.41. The molecule has 0 unspecified atom stereocenters. The summed E-state index contributed by atoms with van der Waals surface area (Å²) in [7, 11) is 3.66. The van der Waals surface area contributed by atoms with Crippen molar-refractivity contribution in [1.29, 1.82) is 0 Å². The average molecular weight is 192 g/mol. The van der Waals surface area contributed by atoms with Crippen LogP contribution in [0.25, 0.3) is 0 Å². The Morgan fingerprint density at radius 3 is 2.93 bits per heavy atom. The van der Waals surface area contributed by atoms with Crippen LogP contribution >= 0.6 is 0 Å². The van der Waals surface area contributed by atoms with E-state index >= 15 is 0 Å². The Hall–Kier alpha value is -1.51. The number of nitrogens with zero attached hydrogens (tertiary/aromatic N) is 1. The largest absolute Gasteiger partial charge is 0.497 e. The van der Waals surface area contributed by atoms with Gasteiger partial charge in [-0.3, -0.25) is 0 Å². The van der Waals surface area contributed by atoms with Crippen molar-refractivity contribution in [3.05, 3.63) is 23.3 Å². The molecule has 0 bridgehead atoms. The molecule has 0 aromatic heterocycles. The van der Waals surface area contributed by atoms with Crippen molar-refractivity contribution < 1.29 is 14.0 Å². The lowest BCUT2D eigenvalue weighted by Crippen LogP contribution is -2.21. The topological polar surface area (TPSA) is 21.5 Å². The third-order valence-corrected chi connectivity index (χ3v) is 2.28. The van der Waals surface area contributed by atoms with Gasteiger partial charge in [0.15, 0.2) is 6.21 Å². The van der Waals surface area contributed by atoms with E-state index in [-0.39, 0.29) is 0 Å². The highest BCUT2D eigenvalue weighted by atomic mass is 16.5. The molecule has 1 aromatic rings. The molecule has 0 amide bonds. The highest BCUT2D eigenvalue weighted by Crippen LogP contribution is 2.29. The molecule has 74 valence electrons. The maximum Gasteiger partial charge on any atom is 0.286 e. The first kappa shape index (κ1) is 9.06. The van der Waals surface area contributed by atoms with Gasteiger partial charge in [-0.1, -0.05) is 0 Å². The number of benzene rings is 1. The Morgan fingerprint density at radius 1 is 1.43 bits per heavy atom. The summed E-state index contributed by atoms with van der Waals surface area (Å²) < 4.78 is 12.8. The van der Waals surface area contributed by atoms with E-state index in [0.29, 0.717) is 6.73 Å². The summed E-state index contributed by atoms with van der Waals surface area (Å²) in [5, 5.41) is 0. The SMILES string of the molecule is COc1cc(C)c2c(c1)C=[N+](C)CO2. The van der Waals surface area contributed by atoms with Crippen molar-refractivity contribution in [3.8, 4) is 11.5 Å². The molecule has 0 atom stereocenters. The molecule has 1 aromatic carbocycles. The standard InChI is InChI=1S/C11H14NO2/c1-8-4-10(13-3)5-9-6-12(2)7-14-11(8)9/h4-6H,7H2,1-3H3/q+1. The van der Waals surface area contributed by atoms with E-state index in [1.807, 2.05) is 30.7 Å². The number of aryl methyl sites for hydroxylation is 1. The second-order valence-corrected chi connectivity index (χ2v) is 3.52. The van der Waals surface area contributed by atoms with Crippen LogP contribution in [0.15, 0.2) is 12.1 Å². The van der Waals surface area contributed by atoms with Gasteiger partial charge in [0.2, 0.25) is 0 Å². The van der Waals surface area contributed by atoms with Crippen molar-refractivity contribution in [2.24, 2.45) is 0 Å². The van der Waals surface area contributed by atoms with Crippen LogP contribution in [0.1, 0.15) is 11.1 Å². The molecule has 0 N–H and O–H groups in total. The van der Waals surface area contributed by atoms with E-state index < -0.39 is 0 Å². The van der Waals surface area contributed by atoms with Gasteiger partial charge in [0.05, 0.1) is 12.7 Å². The van der Waals surface area contributed by atoms with Crippen molar-refractivity contribution in [2.75, 3.05) is 20.9 Å². The van der Waals surface area contributed by atoms with Crippen LogP contribution < -0.4 is 9.47 Å². The van der Waals surface area contributed by atoms with Gasteiger partial charge in [0, 0.05) is 0 Å². The van der Waals surface area contributed by atoms with Crippen LogP contribution in [-0.2, 0) is 0 Å². The summed E-state index contributed by atoms with van der Waals surface area (Å²) in [6.07, 6.45) is 2.06. The summed E-state index contributed by atoms with van der Waals surface area (Å²) in [6.45, 7) is 2.64. The van der Waals surface area contributed by atoms with Gasteiger partial charge >= 0.3 is 0 Å². The van der Waals surface area contributed by atoms with E-state index in [1.54, 1.807) is 7.11 Å². The van der Waals surface area contributed by atoms with Gasteiger partial charge in [-0.25, -0.2) is 4.58 Å². The number of rotatable bonds is 1. The molecule has 2 rings (SSSR count). The maximum absolute atomic E-state index is 5.61. The molecule has 3 nitrogen and oxygen atoms in total. The van der Waals surface area contributed by atoms with Crippen LogP contribution in [-0.4, -0.2) is 31.7 Å². The molecule has 0 fully saturated rings. The molecule has 1 heterocycles. The minimum Gasteiger partial charge on any atom is -0.497 e. The minimum atomic E-state index is 0.611. The summed E-state index contributed by atoms with van der Waals surface area (Å²) in [6, 6.07) is 3.97. The monoisotopic (exact) mass is 192 g/mol. The van der Waals surface area contributed by atoms with E-state index in [1.165, 1.54) is 0 Å². The van der Waals surface area contributed by atoms with E-state index in [4.69, 9.17) is 9.47 Å². The number of hydrogen-bond acceptors (Lipinski definition) is 2. The second-order valence-electron chi connectivity index (χ2n) is 3.52. The van der Waals surface area contributed by atoms with Crippen molar-refractivity contribution in [3.63, 3.8) is 0 Å². The van der Waals surface area contributed by atoms with E-state index in [9.17, 15) is 0 Å². The minimum absolute atomic E-state index is 0.611. The molecule has 0 spiro atoms. The van der Waals surface area contributed by atoms with E-state index in [0.717, 1.165) is 22.6 Å². The maximum atomic E-state index is 5.61. The summed E-state index contributed by atoms with van der Waals surface area (Å²) in [5.74, 6) is 1.83. The zero-order valence-corrected chi connectivity index (χ0v) is 8.70. The van der Waals surface area contributed by atoms with Gasteiger partial charge in [-0.05, 0) is 24.6 Å². The predicted molar refractivity (Wildman–Crippen MR) is 54.6 cm³/mol. The van der Waals surface area contributed by atoms with Crippen molar-refractivity contribution in [2.45, 2.75) is 6.92 Å². The highest BCUT2D eigenvalue weighted by Gasteiger charge is 2.16. The Labute approximate surface area is 83.6 Å². The zero-order valence-electron chi connectivity index (χ0n) is 8.70. The van der Waals surface area contributed by atoms with Gasteiger partial charge in [-0.2, -0.15) is 0 Å². The van der Waals surface area contributed by atoms with Gasteiger partial charge < -0.3 is 9.47 Å². The number of fused-ring (bicyclic) bond motifs is 1. The highest BCUT2D eigenvalue weighted by molar-refractivity contribution is 5.82. The summed E-state index contributed by atoms with van der Waals surface area (Å²) in [4.78, 5) is 0. The van der Waals surface area contributed by atoms with Gasteiger partial charge in [-0.15, -0.1) is 0 Å². The molecular weight excluding hydrogens is 178 g/mol. The first-order valence-corrected chi connectivity index (χ1v) is 4.57. The molecular formula is C11H14NO2+. The normalized spacial score (nSPS) is 14.1. The van der Waals surface area contributed by atoms with Crippen LogP contribution in [0.4, 0.5) is 0 Å². The molecule has 1 aliphatic rings. The van der Waals surface area contributed by atoms with Crippen LogP contribution in [0.2, 0.25) is 0 Å². The third-order valence-electron chi connectivity index (χ3n) is 2.28. The Bertz CT molecular complexity index is 397. The fourth-order valence-electron chi connectivity index (χ4n) is 1.62. The Morgan fingerprint density at radius 2 is 2.21 bits per heavy atom. The van der Waals surface area contributed by atoms with Crippen molar-refractivity contribution in [1.82, 2.24) is 0 Å². The Balaban J connectivity index is 2.55. The number of hydrogen-bond donors (Lipinski definition) is 0. The lowest BCUT2D eigenvalue weighted by atomic mass is 10.1. The first-order chi connectivity index (χ1) is 6.70. The summed E-state index contributed by atoms with van der Waals surface area (Å²) in [5.41, 5.74) is 2.19. The van der Waals surface area contributed by atoms with Gasteiger partial charge in [0.25, 0.3) is 6.73 Å². The first-order valence-electron chi connectivity index (χ1n) is 4.57. The smallest absolute Gasteiger partial charge is 0.286 e. The third kappa shape index (κ3) is 1.45. The zero-order chi connectivity index (χ0) is 10.1. The summed E-state index contributed by atoms with van der Waals surface area (Å²) >= 11 is 0. The molecule has 0 radical (unpaired) electrons. The molecule has 0 saturated heterocycles. The second kappa shape index (κ2) is 3.33. The fraction of sp³-hybridized carbons (Fsp3) is 0.364. The molecule has 14 heavy (non-hydrogen) atoms. The molecule has 3 heteroatoms. The molecule has 0 aliphatic carbocycles. The van der Waals surface area contributed by atoms with Gasteiger partial charge in [0.1, 0.15) is 18.5 Å². The van der Waals surface area contributed by atoms with Crippen LogP contribution in [0, 0.1) is 6.92 Å². The quantitative estimate of drug-likeness (QED) is 0.627. The van der Waals surface area contributed by atoms with Crippen molar-refractivity contribution >= 4 is 6.21 Å². The van der Waals surface area contributed by atoms with E-state index in [2.05, 4.69) is 6.21 Å². The lowest BCUT2D eigenvalue weighted by molar-refractivity contribution is -0.528. The van der Waals surface area contributed by atoms with Crippen LogP contribution in [0.5, 0.6) is 11.5 Å².